The number of para-hydroxylation sites is 1. The van der Waals surface area contributed by atoms with E-state index in [1.54, 1.807) is 19.2 Å². The molecule has 0 aliphatic rings. The Morgan fingerprint density at radius 2 is 1.90 bits per heavy atom. The summed E-state index contributed by atoms with van der Waals surface area (Å²) in [6.45, 7) is 2.49. The van der Waals surface area contributed by atoms with Crippen LogP contribution in [0.2, 0.25) is 0 Å². The quantitative estimate of drug-likeness (QED) is 0.907. The molecule has 2 N–H and O–H groups in total. The normalized spacial score (nSPS) is 13.8. The number of hydrogen-bond donors (Lipinski definition) is 1. The molecule has 0 amide bonds. The first-order valence-corrected chi connectivity index (χ1v) is 6.67. The predicted molar refractivity (Wildman–Crippen MR) is 79.5 cm³/mol. The van der Waals surface area contributed by atoms with Gasteiger partial charge in [0, 0.05) is 12.0 Å². The Morgan fingerprint density at radius 3 is 2.55 bits per heavy atom. The first-order chi connectivity index (χ1) is 9.59. The van der Waals surface area contributed by atoms with Gasteiger partial charge in [-0.2, -0.15) is 0 Å². The molecule has 20 heavy (non-hydrogen) atoms. The lowest BCUT2D eigenvalue weighted by Gasteiger charge is -2.29. The van der Waals surface area contributed by atoms with E-state index in [-0.39, 0.29) is 11.2 Å². The van der Waals surface area contributed by atoms with Gasteiger partial charge in [0.1, 0.15) is 11.6 Å². The fourth-order valence-corrected chi connectivity index (χ4v) is 2.43. The number of nitrogens with two attached hydrogens (primary N) is 1. The summed E-state index contributed by atoms with van der Waals surface area (Å²) in [6.07, 6.45) is 0.705. The molecule has 0 bridgehead atoms. The Morgan fingerprint density at radius 1 is 1.15 bits per heavy atom. The third-order valence-corrected chi connectivity index (χ3v) is 3.75. The molecule has 0 aliphatic carbocycles. The van der Waals surface area contributed by atoms with Gasteiger partial charge in [-0.3, -0.25) is 0 Å². The van der Waals surface area contributed by atoms with Crippen LogP contribution in [-0.2, 0) is 11.8 Å². The van der Waals surface area contributed by atoms with Crippen LogP contribution in [0.1, 0.15) is 18.1 Å². The number of benzene rings is 2. The van der Waals surface area contributed by atoms with Gasteiger partial charge in [0.2, 0.25) is 0 Å². The molecular formula is C17H20FNO. The largest absolute Gasteiger partial charge is 0.496 e. The van der Waals surface area contributed by atoms with Crippen molar-refractivity contribution in [3.63, 3.8) is 0 Å². The Balaban J connectivity index is 2.36. The van der Waals surface area contributed by atoms with Crippen molar-refractivity contribution >= 4 is 0 Å². The van der Waals surface area contributed by atoms with Crippen molar-refractivity contribution in [3.8, 4) is 5.75 Å². The third kappa shape index (κ3) is 2.99. The van der Waals surface area contributed by atoms with Gasteiger partial charge in [0.05, 0.1) is 7.11 Å². The molecule has 0 radical (unpaired) electrons. The van der Waals surface area contributed by atoms with Gasteiger partial charge in [-0.1, -0.05) is 37.3 Å². The summed E-state index contributed by atoms with van der Waals surface area (Å²) in [7, 11) is 1.65. The maximum atomic E-state index is 13.5. The third-order valence-electron chi connectivity index (χ3n) is 3.75. The molecule has 0 aliphatic heterocycles. The van der Waals surface area contributed by atoms with Crippen molar-refractivity contribution in [1.29, 1.82) is 0 Å². The molecule has 106 valence electrons. The van der Waals surface area contributed by atoms with Crippen LogP contribution in [0.4, 0.5) is 4.39 Å². The maximum absolute atomic E-state index is 13.5. The summed E-state index contributed by atoms with van der Waals surface area (Å²) in [6, 6.07) is 14.5. The molecule has 1 atom stereocenters. The first-order valence-electron chi connectivity index (χ1n) is 6.67. The van der Waals surface area contributed by atoms with Gasteiger partial charge >= 0.3 is 0 Å². The van der Waals surface area contributed by atoms with Crippen molar-refractivity contribution in [2.24, 2.45) is 5.73 Å². The summed E-state index contributed by atoms with van der Waals surface area (Å²) in [5.74, 6) is 0.603. The van der Waals surface area contributed by atoms with E-state index in [0.29, 0.717) is 13.0 Å². The molecule has 2 rings (SSSR count). The highest BCUT2D eigenvalue weighted by Gasteiger charge is 2.27. The molecule has 2 aromatic rings. The van der Waals surface area contributed by atoms with Crippen molar-refractivity contribution in [1.82, 2.24) is 0 Å². The lowest BCUT2D eigenvalue weighted by atomic mass is 9.77. The van der Waals surface area contributed by atoms with Crippen LogP contribution in [0.3, 0.4) is 0 Å². The van der Waals surface area contributed by atoms with E-state index in [1.807, 2.05) is 37.3 Å². The summed E-state index contributed by atoms with van der Waals surface area (Å²) in [4.78, 5) is 0. The van der Waals surface area contributed by atoms with Gasteiger partial charge in [-0.15, -0.1) is 0 Å². The summed E-state index contributed by atoms with van der Waals surface area (Å²) >= 11 is 0. The zero-order valence-electron chi connectivity index (χ0n) is 11.9. The van der Waals surface area contributed by atoms with Crippen LogP contribution in [-0.4, -0.2) is 13.7 Å². The van der Waals surface area contributed by atoms with Gasteiger partial charge in [0.25, 0.3) is 0 Å². The lowest BCUT2D eigenvalue weighted by Crippen LogP contribution is -2.34. The van der Waals surface area contributed by atoms with Crippen LogP contribution in [0, 0.1) is 5.82 Å². The number of methoxy groups -OCH3 is 1. The fraction of sp³-hybridized carbons (Fsp3) is 0.294. The smallest absolute Gasteiger partial charge is 0.123 e. The predicted octanol–water partition coefficient (Wildman–Crippen LogP) is 3.29. The van der Waals surface area contributed by atoms with Gasteiger partial charge < -0.3 is 10.5 Å². The SMILES string of the molecule is COc1ccccc1CC(C)(CN)c1cccc(F)c1. The average Bonchev–Trinajstić information content (AvgIpc) is 2.47. The molecular weight excluding hydrogens is 253 g/mol. The van der Waals surface area contributed by atoms with E-state index in [0.717, 1.165) is 16.9 Å². The van der Waals surface area contributed by atoms with E-state index in [9.17, 15) is 4.39 Å². The Bertz CT molecular complexity index is 585. The maximum Gasteiger partial charge on any atom is 0.123 e. The topological polar surface area (TPSA) is 35.2 Å². The second-order valence-electron chi connectivity index (χ2n) is 5.26. The molecule has 2 aromatic carbocycles. The Hall–Kier alpha value is -1.87. The van der Waals surface area contributed by atoms with E-state index >= 15 is 0 Å². The van der Waals surface area contributed by atoms with E-state index in [1.165, 1.54) is 6.07 Å². The minimum Gasteiger partial charge on any atom is -0.496 e. The molecule has 0 saturated heterocycles. The second-order valence-corrected chi connectivity index (χ2v) is 5.26. The number of halogens is 1. The van der Waals surface area contributed by atoms with Gasteiger partial charge in [-0.05, 0) is 35.7 Å². The molecule has 0 spiro atoms. The number of hydrogen-bond acceptors (Lipinski definition) is 2. The average molecular weight is 273 g/mol. The van der Waals surface area contributed by atoms with Crippen molar-refractivity contribution in [2.75, 3.05) is 13.7 Å². The van der Waals surface area contributed by atoms with Crippen LogP contribution in [0.5, 0.6) is 5.75 Å². The highest BCUT2D eigenvalue weighted by molar-refractivity contribution is 5.37. The molecule has 0 aromatic heterocycles. The highest BCUT2D eigenvalue weighted by atomic mass is 19.1. The molecule has 0 saturated carbocycles. The Kier molecular flexibility index (Phi) is 4.40. The van der Waals surface area contributed by atoms with Crippen LogP contribution >= 0.6 is 0 Å². The zero-order valence-corrected chi connectivity index (χ0v) is 11.9. The van der Waals surface area contributed by atoms with Gasteiger partial charge in [0.15, 0.2) is 0 Å². The lowest BCUT2D eigenvalue weighted by molar-refractivity contribution is 0.398. The van der Waals surface area contributed by atoms with Crippen LogP contribution in [0.15, 0.2) is 48.5 Å². The molecule has 1 unspecified atom stereocenters. The van der Waals surface area contributed by atoms with E-state index in [2.05, 4.69) is 0 Å². The monoisotopic (exact) mass is 273 g/mol. The van der Waals surface area contributed by atoms with Crippen LogP contribution in [0.25, 0.3) is 0 Å². The summed E-state index contributed by atoms with van der Waals surface area (Å²) in [5.41, 5.74) is 7.63. The molecule has 0 heterocycles. The second kappa shape index (κ2) is 6.06. The molecule has 3 heteroatoms. The zero-order chi connectivity index (χ0) is 14.6. The molecule has 2 nitrogen and oxygen atoms in total. The highest BCUT2D eigenvalue weighted by Crippen LogP contribution is 2.31. The number of rotatable bonds is 5. The first kappa shape index (κ1) is 14.5. The minimum absolute atomic E-state index is 0.234. The minimum atomic E-state index is -0.323. The van der Waals surface area contributed by atoms with Crippen molar-refractivity contribution in [3.05, 3.63) is 65.5 Å². The summed E-state index contributed by atoms with van der Waals surface area (Å²) < 4.78 is 18.8. The molecule has 0 fully saturated rings. The Labute approximate surface area is 119 Å². The number of ether oxygens (including phenoxy) is 1. The summed E-state index contributed by atoms with van der Waals surface area (Å²) in [5, 5.41) is 0. The van der Waals surface area contributed by atoms with Gasteiger partial charge in [-0.25, -0.2) is 4.39 Å². The van der Waals surface area contributed by atoms with Crippen molar-refractivity contribution < 1.29 is 9.13 Å². The standard InChI is InChI=1S/C17H20FNO/c1-17(12-19,14-7-5-8-15(18)10-14)11-13-6-3-4-9-16(13)20-2/h3-10H,11-12,19H2,1-2H3. The van der Waals surface area contributed by atoms with Crippen LogP contribution < -0.4 is 10.5 Å². The van der Waals surface area contributed by atoms with Crippen molar-refractivity contribution in [2.45, 2.75) is 18.8 Å². The van der Waals surface area contributed by atoms with E-state index in [4.69, 9.17) is 10.5 Å². The fourth-order valence-electron chi connectivity index (χ4n) is 2.43. The van der Waals surface area contributed by atoms with E-state index < -0.39 is 0 Å².